The Labute approximate surface area is 138 Å². The third kappa shape index (κ3) is 3.98. The molecule has 1 aromatic carbocycles. The van der Waals surface area contributed by atoms with Gasteiger partial charge >= 0.3 is 5.97 Å². The van der Waals surface area contributed by atoms with Gasteiger partial charge in [0.1, 0.15) is 11.3 Å². The molecular weight excluding hydrogens is 318 g/mol. The minimum Gasteiger partial charge on any atom is -0.495 e. The van der Waals surface area contributed by atoms with Crippen LogP contribution in [0.5, 0.6) is 5.75 Å². The first kappa shape index (κ1) is 16.8. The Hall–Kier alpha value is -2.61. The highest BCUT2D eigenvalue weighted by atomic mass is 32.1. The fourth-order valence-electron chi connectivity index (χ4n) is 1.90. The number of nitrogens with zero attached hydrogens (tertiary/aromatic N) is 1. The van der Waals surface area contributed by atoms with Crippen molar-refractivity contribution < 1.29 is 18.8 Å². The zero-order valence-corrected chi connectivity index (χ0v) is 13.8. The summed E-state index contributed by atoms with van der Waals surface area (Å²) in [6.07, 6.45) is 0. The van der Waals surface area contributed by atoms with Gasteiger partial charge in [0.2, 0.25) is 5.88 Å². The van der Waals surface area contributed by atoms with E-state index in [2.05, 4.69) is 15.8 Å². The van der Waals surface area contributed by atoms with E-state index in [1.807, 2.05) is 18.2 Å². The molecular formula is C15H17N3O4S. The van der Waals surface area contributed by atoms with Crippen LogP contribution in [0.3, 0.4) is 0 Å². The molecule has 2 N–H and O–H groups in total. The Morgan fingerprint density at radius 2 is 2.09 bits per heavy atom. The summed E-state index contributed by atoms with van der Waals surface area (Å²) < 4.78 is 15.3. The van der Waals surface area contributed by atoms with Crippen LogP contribution >= 0.6 is 12.2 Å². The van der Waals surface area contributed by atoms with Gasteiger partial charge in [0.05, 0.1) is 25.1 Å². The van der Waals surface area contributed by atoms with Gasteiger partial charge in [-0.3, -0.25) is 0 Å². The molecule has 0 atom stereocenters. The molecule has 0 amide bonds. The zero-order valence-electron chi connectivity index (χ0n) is 13.0. The van der Waals surface area contributed by atoms with Crippen LogP contribution in [0.4, 0.5) is 11.6 Å². The van der Waals surface area contributed by atoms with E-state index in [9.17, 15) is 4.79 Å². The molecule has 0 unspecified atom stereocenters. The average Bonchev–Trinajstić information content (AvgIpc) is 2.88. The second-order valence-corrected chi connectivity index (χ2v) is 4.88. The van der Waals surface area contributed by atoms with Crippen LogP contribution in [0.15, 0.2) is 28.8 Å². The number of ether oxygens (including phenoxy) is 2. The Balaban J connectivity index is 2.13. The first-order valence-corrected chi connectivity index (χ1v) is 7.32. The van der Waals surface area contributed by atoms with Crippen LogP contribution < -0.4 is 15.4 Å². The third-order valence-electron chi connectivity index (χ3n) is 2.92. The lowest BCUT2D eigenvalue weighted by Crippen LogP contribution is -2.21. The van der Waals surface area contributed by atoms with Gasteiger partial charge in [-0.2, -0.15) is 0 Å². The summed E-state index contributed by atoms with van der Waals surface area (Å²) in [7, 11) is 1.57. The van der Waals surface area contributed by atoms with Gasteiger partial charge in [0, 0.05) is 0 Å². The average molecular weight is 335 g/mol. The summed E-state index contributed by atoms with van der Waals surface area (Å²) in [6.45, 7) is 3.63. The molecule has 1 heterocycles. The summed E-state index contributed by atoms with van der Waals surface area (Å²) >= 11 is 5.23. The number of methoxy groups -OCH3 is 1. The molecule has 0 aliphatic heterocycles. The van der Waals surface area contributed by atoms with E-state index >= 15 is 0 Å². The normalized spacial score (nSPS) is 10.0. The van der Waals surface area contributed by atoms with Crippen LogP contribution in [-0.4, -0.2) is 30.0 Å². The number of carbonyl (C=O) groups excluding carboxylic acids is 1. The number of aromatic nitrogens is 1. The zero-order chi connectivity index (χ0) is 16.8. The molecule has 0 saturated carbocycles. The van der Waals surface area contributed by atoms with Crippen molar-refractivity contribution in [3.8, 4) is 5.75 Å². The highest BCUT2D eigenvalue weighted by Gasteiger charge is 2.22. The molecule has 7 nitrogen and oxygen atoms in total. The summed E-state index contributed by atoms with van der Waals surface area (Å²) in [5.41, 5.74) is 1.32. The Morgan fingerprint density at radius 3 is 2.78 bits per heavy atom. The summed E-state index contributed by atoms with van der Waals surface area (Å²) in [6, 6.07) is 7.30. The van der Waals surface area contributed by atoms with Crippen molar-refractivity contribution in [2.24, 2.45) is 0 Å². The fraction of sp³-hybridized carbons (Fsp3) is 0.267. The molecule has 0 fully saturated rings. The van der Waals surface area contributed by atoms with Crippen molar-refractivity contribution in [3.63, 3.8) is 0 Å². The molecule has 0 radical (unpaired) electrons. The van der Waals surface area contributed by atoms with Gasteiger partial charge in [0.25, 0.3) is 0 Å². The number of aryl methyl sites for hydroxylation is 1. The number of thiocarbonyl (C=S) groups is 1. The molecule has 0 aliphatic carbocycles. The van der Waals surface area contributed by atoms with Crippen molar-refractivity contribution >= 4 is 34.9 Å². The highest BCUT2D eigenvalue weighted by Crippen LogP contribution is 2.24. The molecule has 0 spiro atoms. The molecule has 2 rings (SSSR count). The molecule has 1 aromatic heterocycles. The molecule has 0 aliphatic rings. The van der Waals surface area contributed by atoms with Gasteiger partial charge in [-0.15, -0.1) is 0 Å². The number of esters is 1. The predicted molar refractivity (Wildman–Crippen MR) is 90.0 cm³/mol. The van der Waals surface area contributed by atoms with Gasteiger partial charge < -0.3 is 24.6 Å². The second-order valence-electron chi connectivity index (χ2n) is 4.47. The van der Waals surface area contributed by atoms with Crippen molar-refractivity contribution in [2.45, 2.75) is 13.8 Å². The predicted octanol–water partition coefficient (Wildman–Crippen LogP) is 2.98. The smallest absolute Gasteiger partial charge is 0.345 e. The fourth-order valence-corrected chi connectivity index (χ4v) is 2.11. The van der Waals surface area contributed by atoms with Gasteiger partial charge in [-0.25, -0.2) is 4.79 Å². The number of benzene rings is 1. The Morgan fingerprint density at radius 1 is 1.35 bits per heavy atom. The number of anilines is 2. The van der Waals surface area contributed by atoms with Crippen LogP contribution in [0.25, 0.3) is 0 Å². The van der Waals surface area contributed by atoms with Crippen LogP contribution in [-0.2, 0) is 4.74 Å². The maximum absolute atomic E-state index is 11.9. The number of para-hydroxylation sites is 2. The first-order valence-electron chi connectivity index (χ1n) is 6.91. The lowest BCUT2D eigenvalue weighted by atomic mass is 10.2. The number of hydrogen-bond donors (Lipinski definition) is 2. The van der Waals surface area contributed by atoms with E-state index in [1.54, 1.807) is 27.0 Å². The maximum atomic E-state index is 11.9. The maximum Gasteiger partial charge on any atom is 0.345 e. The lowest BCUT2D eigenvalue weighted by molar-refractivity contribution is 0.0526. The van der Waals surface area contributed by atoms with Crippen molar-refractivity contribution in [1.29, 1.82) is 0 Å². The second kappa shape index (κ2) is 7.59. The molecule has 2 aromatic rings. The number of rotatable bonds is 5. The van der Waals surface area contributed by atoms with Crippen LogP contribution in [0.2, 0.25) is 0 Å². The van der Waals surface area contributed by atoms with E-state index in [-0.39, 0.29) is 23.2 Å². The van der Waals surface area contributed by atoms with Crippen molar-refractivity contribution in [3.05, 3.63) is 35.5 Å². The quantitative estimate of drug-likeness (QED) is 0.637. The molecule has 0 bridgehead atoms. The topological polar surface area (TPSA) is 85.6 Å². The van der Waals surface area contributed by atoms with Gasteiger partial charge in [-0.05, 0) is 38.2 Å². The minimum absolute atomic E-state index is 0.133. The number of hydrogen-bond acceptors (Lipinski definition) is 6. The van der Waals surface area contributed by atoms with E-state index in [0.29, 0.717) is 17.1 Å². The van der Waals surface area contributed by atoms with E-state index in [0.717, 1.165) is 0 Å². The first-order chi connectivity index (χ1) is 11.1. The monoisotopic (exact) mass is 335 g/mol. The highest BCUT2D eigenvalue weighted by molar-refractivity contribution is 7.80. The van der Waals surface area contributed by atoms with Crippen LogP contribution in [0.1, 0.15) is 23.0 Å². The van der Waals surface area contributed by atoms with E-state index < -0.39 is 5.97 Å². The molecule has 8 heteroatoms. The molecule has 0 saturated heterocycles. The van der Waals surface area contributed by atoms with Crippen molar-refractivity contribution in [1.82, 2.24) is 5.16 Å². The number of carbonyl (C=O) groups is 1. The van der Waals surface area contributed by atoms with Crippen LogP contribution in [0, 0.1) is 6.92 Å². The third-order valence-corrected chi connectivity index (χ3v) is 3.13. The SMILES string of the molecule is CCOC(=O)c1c(C)noc1NC(=S)Nc1ccccc1OC. The Bertz CT molecular complexity index is 714. The van der Waals surface area contributed by atoms with E-state index in [1.165, 1.54) is 0 Å². The van der Waals surface area contributed by atoms with Gasteiger partial charge in [0.15, 0.2) is 5.11 Å². The Kier molecular flexibility index (Phi) is 5.53. The molecule has 23 heavy (non-hydrogen) atoms. The van der Waals surface area contributed by atoms with Gasteiger partial charge in [-0.1, -0.05) is 17.3 Å². The van der Waals surface area contributed by atoms with E-state index in [4.69, 9.17) is 26.2 Å². The summed E-state index contributed by atoms with van der Waals surface area (Å²) in [5.74, 6) is 0.248. The largest absolute Gasteiger partial charge is 0.495 e. The minimum atomic E-state index is -0.520. The number of nitrogens with one attached hydrogen (secondary N) is 2. The molecule has 122 valence electrons. The summed E-state index contributed by atoms with van der Waals surface area (Å²) in [4.78, 5) is 11.9. The summed E-state index contributed by atoms with van der Waals surface area (Å²) in [5, 5.41) is 9.77. The van der Waals surface area contributed by atoms with Crippen molar-refractivity contribution in [2.75, 3.05) is 24.4 Å². The lowest BCUT2D eigenvalue weighted by Gasteiger charge is -2.12. The standard InChI is InChI=1S/C15H17N3O4S/c1-4-21-14(19)12-9(2)18-22-13(12)17-15(23)16-10-7-5-6-8-11(10)20-3/h5-8H,4H2,1-3H3,(H2,16,17,23).